The minimum absolute atomic E-state index is 0.0176. The van der Waals surface area contributed by atoms with Gasteiger partial charge in [-0.2, -0.15) is 0 Å². The van der Waals surface area contributed by atoms with E-state index in [9.17, 15) is 9.59 Å². The van der Waals surface area contributed by atoms with Gasteiger partial charge in [-0.05, 0) is 32.1 Å². The van der Waals surface area contributed by atoms with Crippen LogP contribution in [-0.4, -0.2) is 29.6 Å². The van der Waals surface area contributed by atoms with Gasteiger partial charge >= 0.3 is 5.97 Å². The molecule has 1 aliphatic carbocycles. The fourth-order valence-electron chi connectivity index (χ4n) is 2.84. The maximum atomic E-state index is 12.4. The number of hydrogen-bond acceptors (Lipinski definition) is 3. The van der Waals surface area contributed by atoms with Gasteiger partial charge in [0.1, 0.15) is 0 Å². The van der Waals surface area contributed by atoms with Crippen molar-refractivity contribution in [2.75, 3.05) is 6.54 Å². The Morgan fingerprint density at radius 3 is 2.42 bits per heavy atom. The minimum atomic E-state index is -0.755. The van der Waals surface area contributed by atoms with Gasteiger partial charge in [-0.15, -0.1) is 0 Å². The number of nitrogens with one attached hydrogen (secondary N) is 1. The lowest BCUT2D eigenvalue weighted by Crippen LogP contribution is -2.50. The smallest absolute Gasteiger partial charge is 0.306 e. The predicted octanol–water partition coefficient (Wildman–Crippen LogP) is 1.51. The Hall–Kier alpha value is -1.10. The van der Waals surface area contributed by atoms with E-state index in [1.165, 1.54) is 0 Å². The van der Waals surface area contributed by atoms with E-state index in [1.54, 1.807) is 0 Å². The summed E-state index contributed by atoms with van der Waals surface area (Å²) in [5, 5.41) is 12.1. The van der Waals surface area contributed by atoms with Crippen molar-refractivity contribution in [3.8, 4) is 0 Å². The fraction of sp³-hybridized carbons (Fsp3) is 0.857. The molecular formula is C14H26N2O3. The number of carbonyl (C=O) groups is 2. The van der Waals surface area contributed by atoms with E-state index in [0.29, 0.717) is 32.2 Å². The van der Waals surface area contributed by atoms with Gasteiger partial charge < -0.3 is 16.2 Å². The molecule has 0 saturated heterocycles. The Labute approximate surface area is 114 Å². The number of nitrogens with two attached hydrogens (primary N) is 1. The van der Waals surface area contributed by atoms with Crippen molar-refractivity contribution in [1.29, 1.82) is 0 Å². The van der Waals surface area contributed by atoms with Crippen LogP contribution in [0, 0.1) is 11.3 Å². The lowest BCUT2D eigenvalue weighted by Gasteiger charge is -2.33. The molecule has 0 bridgehead atoms. The van der Waals surface area contributed by atoms with Crippen LogP contribution in [0.15, 0.2) is 0 Å². The van der Waals surface area contributed by atoms with Gasteiger partial charge in [-0.25, -0.2) is 0 Å². The number of aliphatic carboxylic acids is 1. The summed E-state index contributed by atoms with van der Waals surface area (Å²) in [6, 6.07) is -0.0219. The minimum Gasteiger partial charge on any atom is -0.481 e. The molecule has 19 heavy (non-hydrogen) atoms. The summed E-state index contributed by atoms with van der Waals surface area (Å²) in [5.74, 6) is -1.10. The van der Waals surface area contributed by atoms with E-state index < -0.39 is 11.4 Å². The molecule has 4 N–H and O–H groups in total. The molecule has 0 aliphatic heterocycles. The highest BCUT2D eigenvalue weighted by Crippen LogP contribution is 2.28. The Balaban J connectivity index is 2.63. The highest BCUT2D eigenvalue weighted by molar-refractivity contribution is 5.83. The second-order valence-corrected chi connectivity index (χ2v) is 5.56. The van der Waals surface area contributed by atoms with E-state index in [4.69, 9.17) is 10.8 Å². The molecule has 5 heteroatoms. The highest BCUT2D eigenvalue weighted by Gasteiger charge is 2.36. The zero-order chi connectivity index (χ0) is 14.5. The lowest BCUT2D eigenvalue weighted by molar-refractivity contribution is -0.144. The molecule has 5 nitrogen and oxygen atoms in total. The van der Waals surface area contributed by atoms with Gasteiger partial charge in [0.25, 0.3) is 0 Å². The summed E-state index contributed by atoms with van der Waals surface area (Å²) in [5.41, 5.74) is 5.25. The Kier molecular flexibility index (Phi) is 5.79. The van der Waals surface area contributed by atoms with E-state index in [-0.39, 0.29) is 17.9 Å². The molecule has 1 fully saturated rings. The quantitative estimate of drug-likeness (QED) is 0.682. The molecule has 1 rings (SSSR count). The number of amides is 1. The van der Waals surface area contributed by atoms with Crippen LogP contribution in [-0.2, 0) is 9.59 Å². The molecule has 0 aromatic heterocycles. The number of rotatable bonds is 6. The first-order valence-corrected chi connectivity index (χ1v) is 7.23. The molecule has 2 unspecified atom stereocenters. The van der Waals surface area contributed by atoms with Gasteiger partial charge in [-0.1, -0.05) is 20.3 Å². The van der Waals surface area contributed by atoms with E-state index in [0.717, 1.165) is 12.8 Å². The highest BCUT2D eigenvalue weighted by atomic mass is 16.4. The second-order valence-electron chi connectivity index (χ2n) is 5.56. The zero-order valence-corrected chi connectivity index (χ0v) is 11.9. The Morgan fingerprint density at radius 1 is 1.32 bits per heavy atom. The average Bonchev–Trinajstić information content (AvgIpc) is 2.41. The molecule has 0 aromatic rings. The Bertz CT molecular complexity index is 318. The van der Waals surface area contributed by atoms with Crippen molar-refractivity contribution in [3.63, 3.8) is 0 Å². The summed E-state index contributed by atoms with van der Waals surface area (Å²) in [4.78, 5) is 23.4. The van der Waals surface area contributed by atoms with Crippen LogP contribution < -0.4 is 11.1 Å². The molecule has 0 heterocycles. The van der Waals surface area contributed by atoms with Crippen molar-refractivity contribution >= 4 is 11.9 Å². The van der Waals surface area contributed by atoms with E-state index in [1.807, 2.05) is 13.8 Å². The molecule has 2 atom stereocenters. The molecule has 0 radical (unpaired) electrons. The van der Waals surface area contributed by atoms with Crippen LogP contribution in [0.25, 0.3) is 0 Å². The van der Waals surface area contributed by atoms with Gasteiger partial charge in [0.15, 0.2) is 0 Å². The van der Waals surface area contributed by atoms with Crippen LogP contribution >= 0.6 is 0 Å². The van der Waals surface area contributed by atoms with Crippen molar-refractivity contribution in [2.24, 2.45) is 17.1 Å². The Morgan fingerprint density at radius 2 is 1.95 bits per heavy atom. The predicted molar refractivity (Wildman–Crippen MR) is 73.6 cm³/mol. The topological polar surface area (TPSA) is 92.4 Å². The van der Waals surface area contributed by atoms with Crippen LogP contribution in [0.5, 0.6) is 0 Å². The van der Waals surface area contributed by atoms with E-state index >= 15 is 0 Å². The van der Waals surface area contributed by atoms with Gasteiger partial charge in [-0.3, -0.25) is 9.59 Å². The first-order valence-electron chi connectivity index (χ1n) is 7.23. The lowest BCUT2D eigenvalue weighted by atomic mass is 9.80. The summed E-state index contributed by atoms with van der Waals surface area (Å²) >= 11 is 0. The van der Waals surface area contributed by atoms with Crippen LogP contribution in [0.4, 0.5) is 0 Å². The largest absolute Gasteiger partial charge is 0.481 e. The third-order valence-electron chi connectivity index (χ3n) is 4.58. The standard InChI is InChI=1S/C14H26N2O3/c1-3-14(4-2,9-15)13(19)16-11-7-5-6-10(8-11)12(17)18/h10-11H,3-9,15H2,1-2H3,(H,16,19)(H,17,18). The summed E-state index contributed by atoms with van der Waals surface area (Å²) in [7, 11) is 0. The summed E-state index contributed by atoms with van der Waals surface area (Å²) in [6.07, 6.45) is 4.39. The van der Waals surface area contributed by atoms with Gasteiger partial charge in [0, 0.05) is 12.6 Å². The monoisotopic (exact) mass is 270 g/mol. The zero-order valence-electron chi connectivity index (χ0n) is 11.9. The van der Waals surface area contributed by atoms with Crippen LogP contribution in [0.3, 0.4) is 0 Å². The first-order chi connectivity index (χ1) is 8.99. The summed E-state index contributed by atoms with van der Waals surface area (Å²) < 4.78 is 0. The maximum Gasteiger partial charge on any atom is 0.306 e. The van der Waals surface area contributed by atoms with Crippen molar-refractivity contribution in [3.05, 3.63) is 0 Å². The molecule has 110 valence electrons. The van der Waals surface area contributed by atoms with Crippen LogP contribution in [0.1, 0.15) is 52.4 Å². The maximum absolute atomic E-state index is 12.4. The van der Waals surface area contributed by atoms with Gasteiger partial charge in [0.05, 0.1) is 11.3 Å². The van der Waals surface area contributed by atoms with Crippen molar-refractivity contribution in [1.82, 2.24) is 5.32 Å². The second kappa shape index (κ2) is 6.89. The van der Waals surface area contributed by atoms with Crippen LogP contribution in [0.2, 0.25) is 0 Å². The first kappa shape index (κ1) is 16.0. The molecule has 1 saturated carbocycles. The third kappa shape index (κ3) is 3.69. The molecule has 1 aliphatic rings. The van der Waals surface area contributed by atoms with Gasteiger partial charge in [0.2, 0.25) is 5.91 Å². The SMILES string of the molecule is CCC(CC)(CN)C(=O)NC1CCCC(C(=O)O)C1. The number of carboxylic acids is 1. The summed E-state index contributed by atoms with van der Waals surface area (Å²) in [6.45, 7) is 4.27. The number of carbonyl (C=O) groups excluding carboxylic acids is 1. The molecule has 1 amide bonds. The fourth-order valence-corrected chi connectivity index (χ4v) is 2.84. The number of carboxylic acid groups (broad SMARTS) is 1. The molecule has 0 aromatic carbocycles. The average molecular weight is 270 g/mol. The van der Waals surface area contributed by atoms with Crippen molar-refractivity contribution in [2.45, 2.75) is 58.4 Å². The number of hydrogen-bond donors (Lipinski definition) is 3. The molecular weight excluding hydrogens is 244 g/mol. The normalized spacial score (nSPS) is 23.9. The third-order valence-corrected chi connectivity index (χ3v) is 4.58. The molecule has 0 spiro atoms. The van der Waals surface area contributed by atoms with E-state index in [2.05, 4.69) is 5.32 Å². The van der Waals surface area contributed by atoms with Crippen molar-refractivity contribution < 1.29 is 14.7 Å².